The van der Waals surface area contributed by atoms with Gasteiger partial charge in [0, 0.05) is 5.69 Å². The van der Waals surface area contributed by atoms with Gasteiger partial charge < -0.3 is 20.3 Å². The van der Waals surface area contributed by atoms with E-state index >= 15 is 0 Å². The first-order chi connectivity index (χ1) is 9.24. The Hall–Kier alpha value is -1.24. The van der Waals surface area contributed by atoms with E-state index in [9.17, 15) is 4.39 Å². The van der Waals surface area contributed by atoms with Gasteiger partial charge in [0.05, 0.1) is 26.3 Å². The largest absolute Gasteiger partial charge is 0.370 e. The number of benzene rings is 1. The molecule has 0 aliphatic carbocycles. The molecular formula is C13H19FN3OS+. The van der Waals surface area contributed by atoms with Gasteiger partial charge in [0.15, 0.2) is 5.11 Å². The van der Waals surface area contributed by atoms with Crippen LogP contribution in [0.25, 0.3) is 0 Å². The van der Waals surface area contributed by atoms with Crippen LogP contribution in [0.5, 0.6) is 0 Å². The summed E-state index contributed by atoms with van der Waals surface area (Å²) in [4.78, 5) is 1.52. The zero-order valence-electron chi connectivity index (χ0n) is 10.7. The molecule has 3 N–H and O–H groups in total. The first kappa shape index (κ1) is 14.2. The molecule has 1 saturated heterocycles. The van der Waals surface area contributed by atoms with E-state index in [-0.39, 0.29) is 5.82 Å². The van der Waals surface area contributed by atoms with E-state index in [1.165, 1.54) is 17.0 Å². The van der Waals surface area contributed by atoms with Gasteiger partial charge in [-0.2, -0.15) is 0 Å². The third-order valence-corrected chi connectivity index (χ3v) is 3.29. The fourth-order valence-electron chi connectivity index (χ4n) is 2.00. The van der Waals surface area contributed by atoms with Crippen molar-refractivity contribution in [3.05, 3.63) is 30.1 Å². The Kier molecular flexibility index (Phi) is 5.50. The van der Waals surface area contributed by atoms with Crippen molar-refractivity contribution in [3.63, 3.8) is 0 Å². The Labute approximate surface area is 117 Å². The van der Waals surface area contributed by atoms with Crippen LogP contribution in [0.1, 0.15) is 0 Å². The van der Waals surface area contributed by atoms with Crippen molar-refractivity contribution >= 4 is 23.0 Å². The van der Waals surface area contributed by atoms with Gasteiger partial charge in [-0.3, -0.25) is 0 Å². The summed E-state index contributed by atoms with van der Waals surface area (Å²) in [7, 11) is 0. The predicted octanol–water partition coefficient (Wildman–Crippen LogP) is 0.0272. The van der Waals surface area contributed by atoms with E-state index in [0.717, 1.165) is 39.4 Å². The summed E-state index contributed by atoms with van der Waals surface area (Å²) in [5.74, 6) is -0.273. The fraction of sp³-hybridized carbons (Fsp3) is 0.462. The third-order valence-electron chi connectivity index (χ3n) is 3.05. The number of anilines is 1. The lowest BCUT2D eigenvalue weighted by Gasteiger charge is -2.24. The zero-order chi connectivity index (χ0) is 13.5. The maximum absolute atomic E-state index is 13.0. The molecule has 19 heavy (non-hydrogen) atoms. The Morgan fingerprint density at radius 1 is 1.37 bits per heavy atom. The molecule has 0 bridgehead atoms. The molecular weight excluding hydrogens is 265 g/mol. The predicted molar refractivity (Wildman–Crippen MR) is 77.0 cm³/mol. The normalized spacial score (nSPS) is 16.1. The quantitative estimate of drug-likeness (QED) is 0.682. The number of ether oxygens (including phenoxy) is 1. The molecule has 1 aromatic rings. The lowest BCUT2D eigenvalue weighted by Crippen LogP contribution is -3.14. The second kappa shape index (κ2) is 7.37. The van der Waals surface area contributed by atoms with E-state index < -0.39 is 0 Å². The maximum atomic E-state index is 13.0. The molecule has 0 atom stereocenters. The number of halogens is 1. The SMILES string of the molecule is Fc1cccc(NC(=S)NCC[NH+]2CCOCC2)c1. The molecule has 1 aliphatic rings. The van der Waals surface area contributed by atoms with Crippen LogP contribution in [0.2, 0.25) is 0 Å². The molecule has 1 aliphatic heterocycles. The lowest BCUT2D eigenvalue weighted by atomic mass is 10.3. The minimum absolute atomic E-state index is 0.273. The highest BCUT2D eigenvalue weighted by atomic mass is 32.1. The maximum Gasteiger partial charge on any atom is 0.170 e. The molecule has 6 heteroatoms. The Morgan fingerprint density at radius 3 is 2.89 bits per heavy atom. The van der Waals surface area contributed by atoms with Crippen molar-refractivity contribution < 1.29 is 14.0 Å². The molecule has 0 aromatic heterocycles. The van der Waals surface area contributed by atoms with Crippen LogP contribution in [0, 0.1) is 5.82 Å². The molecule has 0 spiro atoms. The minimum atomic E-state index is -0.273. The summed E-state index contributed by atoms with van der Waals surface area (Å²) < 4.78 is 18.3. The molecule has 4 nitrogen and oxygen atoms in total. The van der Waals surface area contributed by atoms with Crippen molar-refractivity contribution in [1.82, 2.24) is 5.32 Å². The van der Waals surface area contributed by atoms with Gasteiger partial charge in [0.2, 0.25) is 0 Å². The lowest BCUT2D eigenvalue weighted by molar-refractivity contribution is -0.906. The van der Waals surface area contributed by atoms with Gasteiger partial charge in [-0.1, -0.05) is 6.07 Å². The first-order valence-electron chi connectivity index (χ1n) is 6.46. The van der Waals surface area contributed by atoms with E-state index in [1.807, 2.05) is 0 Å². The van der Waals surface area contributed by atoms with Crippen molar-refractivity contribution in [2.24, 2.45) is 0 Å². The summed E-state index contributed by atoms with van der Waals surface area (Å²) in [5.41, 5.74) is 0.663. The topological polar surface area (TPSA) is 37.7 Å². The molecule has 1 fully saturated rings. The van der Waals surface area contributed by atoms with Crippen LogP contribution in [-0.2, 0) is 4.74 Å². The number of nitrogens with one attached hydrogen (secondary N) is 3. The minimum Gasteiger partial charge on any atom is -0.370 e. The molecule has 0 amide bonds. The Balaban J connectivity index is 1.67. The number of hydrogen-bond acceptors (Lipinski definition) is 2. The molecule has 2 rings (SSSR count). The highest BCUT2D eigenvalue weighted by Crippen LogP contribution is 2.08. The van der Waals surface area contributed by atoms with Gasteiger partial charge >= 0.3 is 0 Å². The van der Waals surface area contributed by atoms with Gasteiger partial charge in [0.1, 0.15) is 18.9 Å². The van der Waals surface area contributed by atoms with Gasteiger partial charge in [0.25, 0.3) is 0 Å². The summed E-state index contributed by atoms with van der Waals surface area (Å²) >= 11 is 5.17. The number of morpholine rings is 1. The van der Waals surface area contributed by atoms with E-state index in [4.69, 9.17) is 17.0 Å². The van der Waals surface area contributed by atoms with Crippen molar-refractivity contribution in [2.45, 2.75) is 0 Å². The van der Waals surface area contributed by atoms with Crippen LogP contribution in [0.3, 0.4) is 0 Å². The van der Waals surface area contributed by atoms with E-state index in [1.54, 1.807) is 12.1 Å². The molecule has 0 unspecified atom stereocenters. The number of rotatable bonds is 4. The highest BCUT2D eigenvalue weighted by molar-refractivity contribution is 7.80. The fourth-order valence-corrected chi connectivity index (χ4v) is 2.22. The Bertz CT molecular complexity index is 424. The third kappa shape index (κ3) is 5.10. The standard InChI is InChI=1S/C13H18FN3OS/c14-11-2-1-3-12(10-11)16-13(19)15-4-5-17-6-8-18-9-7-17/h1-3,10H,4-9H2,(H2,15,16,19)/p+1. The summed E-state index contributed by atoms with van der Waals surface area (Å²) in [6, 6.07) is 6.26. The summed E-state index contributed by atoms with van der Waals surface area (Å²) in [5, 5.41) is 6.63. The molecule has 1 aromatic carbocycles. The van der Waals surface area contributed by atoms with Crippen LogP contribution < -0.4 is 15.5 Å². The van der Waals surface area contributed by atoms with Crippen molar-refractivity contribution in [2.75, 3.05) is 44.7 Å². The van der Waals surface area contributed by atoms with Gasteiger partial charge in [-0.25, -0.2) is 4.39 Å². The smallest absolute Gasteiger partial charge is 0.170 e. The van der Waals surface area contributed by atoms with Crippen LogP contribution >= 0.6 is 12.2 Å². The van der Waals surface area contributed by atoms with Gasteiger partial charge in [-0.05, 0) is 30.4 Å². The molecule has 0 saturated carbocycles. The number of hydrogen-bond donors (Lipinski definition) is 3. The molecule has 104 valence electrons. The van der Waals surface area contributed by atoms with Crippen molar-refractivity contribution in [1.29, 1.82) is 0 Å². The molecule has 0 radical (unpaired) electrons. The second-order valence-corrected chi connectivity index (χ2v) is 4.91. The van der Waals surface area contributed by atoms with Gasteiger partial charge in [-0.15, -0.1) is 0 Å². The highest BCUT2D eigenvalue weighted by Gasteiger charge is 2.12. The number of quaternary nitrogens is 1. The zero-order valence-corrected chi connectivity index (χ0v) is 11.6. The Morgan fingerprint density at radius 2 is 2.16 bits per heavy atom. The number of thiocarbonyl (C=S) groups is 1. The van der Waals surface area contributed by atoms with Crippen LogP contribution in [-0.4, -0.2) is 44.5 Å². The second-order valence-electron chi connectivity index (χ2n) is 4.50. The summed E-state index contributed by atoms with van der Waals surface area (Å²) in [6.07, 6.45) is 0. The summed E-state index contributed by atoms with van der Waals surface area (Å²) in [6.45, 7) is 5.57. The van der Waals surface area contributed by atoms with Crippen LogP contribution in [0.4, 0.5) is 10.1 Å². The van der Waals surface area contributed by atoms with Crippen molar-refractivity contribution in [3.8, 4) is 0 Å². The average molecular weight is 284 g/mol. The monoisotopic (exact) mass is 284 g/mol. The van der Waals surface area contributed by atoms with E-state index in [2.05, 4.69) is 10.6 Å². The molecule has 1 heterocycles. The average Bonchev–Trinajstić information content (AvgIpc) is 2.40. The van der Waals surface area contributed by atoms with E-state index in [0.29, 0.717) is 10.8 Å². The van der Waals surface area contributed by atoms with Crippen LogP contribution in [0.15, 0.2) is 24.3 Å². The first-order valence-corrected chi connectivity index (χ1v) is 6.86.